The molecule has 1 N–H and O–H groups in total. The topological polar surface area (TPSA) is 99.7 Å². The van der Waals surface area contributed by atoms with E-state index < -0.39 is 16.1 Å². The van der Waals surface area contributed by atoms with Gasteiger partial charge in [-0.1, -0.05) is 62.4 Å². The molecule has 2 amide bonds. The van der Waals surface area contributed by atoms with Crippen LogP contribution in [0.4, 0.5) is 5.13 Å². The van der Waals surface area contributed by atoms with E-state index in [4.69, 9.17) is 0 Å². The molecule has 1 aliphatic carbocycles. The van der Waals surface area contributed by atoms with Crippen LogP contribution in [0.25, 0.3) is 10.8 Å². The van der Waals surface area contributed by atoms with Crippen molar-refractivity contribution >= 4 is 49.1 Å². The third-order valence-corrected chi connectivity index (χ3v) is 9.73. The quantitative estimate of drug-likeness (QED) is 0.500. The summed E-state index contributed by atoms with van der Waals surface area (Å²) in [6.07, 6.45) is 7.78. The number of hydrogen-bond donors (Lipinski definition) is 1. The Bertz CT molecular complexity index is 1340. The van der Waals surface area contributed by atoms with Crippen LogP contribution in [-0.4, -0.2) is 60.1 Å². The number of sulfonamides is 1. The second kappa shape index (κ2) is 10.7. The number of thiazole rings is 1. The molecule has 36 heavy (non-hydrogen) atoms. The summed E-state index contributed by atoms with van der Waals surface area (Å²) in [6.45, 7) is 0.0434. The first-order chi connectivity index (χ1) is 17.4. The minimum Gasteiger partial charge on any atom is -0.328 e. The van der Waals surface area contributed by atoms with E-state index in [1.807, 2.05) is 24.3 Å². The molecule has 2 aromatic carbocycles. The number of hydrogen-bond acceptors (Lipinski definition) is 6. The molecule has 1 saturated carbocycles. The number of nitrogens with one attached hydrogen (secondary N) is 1. The summed E-state index contributed by atoms with van der Waals surface area (Å²) in [5, 5.41) is 6.92. The maximum absolute atomic E-state index is 13.4. The first-order valence-electron chi connectivity index (χ1n) is 12.4. The number of rotatable bonds is 7. The molecule has 0 bridgehead atoms. The first-order valence-corrected chi connectivity index (χ1v) is 14.7. The lowest BCUT2D eigenvalue weighted by atomic mass is 9.84. The normalized spacial score (nSPS) is 18.9. The van der Waals surface area contributed by atoms with Crippen LogP contribution < -0.4 is 5.32 Å². The van der Waals surface area contributed by atoms with Crippen LogP contribution in [0, 0.1) is 5.92 Å². The monoisotopic (exact) mass is 526 g/mol. The van der Waals surface area contributed by atoms with E-state index in [0.29, 0.717) is 17.5 Å². The highest BCUT2D eigenvalue weighted by molar-refractivity contribution is 7.89. The first kappa shape index (κ1) is 24.9. The number of carbonyl (C=O) groups excluding carboxylic acids is 2. The standard InChI is InChI=1S/C26H30N4O4S2/c31-24-18-29(36(33,34)22-11-10-20-8-4-5-9-21(20)17-22)13-14-30(24)23(16-19-6-2-1-3-7-19)25(32)28-26-27-12-15-35-26/h4-5,8-12,15,17,19,23H,1-3,6-7,13-14,16,18H2,(H,27,28,32)/t23-/m0/s1. The molecule has 2 fully saturated rings. The summed E-state index contributed by atoms with van der Waals surface area (Å²) in [4.78, 5) is 32.5. The zero-order chi connectivity index (χ0) is 25.1. The van der Waals surface area contributed by atoms with Gasteiger partial charge in [-0.2, -0.15) is 4.31 Å². The van der Waals surface area contributed by atoms with Gasteiger partial charge >= 0.3 is 0 Å². The predicted molar refractivity (Wildman–Crippen MR) is 140 cm³/mol. The van der Waals surface area contributed by atoms with E-state index >= 15 is 0 Å². The summed E-state index contributed by atoms with van der Waals surface area (Å²) in [6, 6.07) is 11.9. The Kier molecular flexibility index (Phi) is 7.36. The lowest BCUT2D eigenvalue weighted by Crippen LogP contribution is -2.58. The Balaban J connectivity index is 1.33. The van der Waals surface area contributed by atoms with E-state index in [0.717, 1.165) is 36.5 Å². The number of carbonyl (C=O) groups is 2. The predicted octanol–water partition coefficient (Wildman–Crippen LogP) is 4.11. The van der Waals surface area contributed by atoms with Crippen LogP contribution in [0.5, 0.6) is 0 Å². The number of benzene rings is 2. The molecular formula is C26H30N4O4S2. The van der Waals surface area contributed by atoms with Crippen molar-refractivity contribution in [3.63, 3.8) is 0 Å². The molecule has 3 aromatic rings. The minimum absolute atomic E-state index is 0.145. The molecule has 5 rings (SSSR count). The minimum atomic E-state index is -3.85. The summed E-state index contributed by atoms with van der Waals surface area (Å²) in [5.74, 6) is -0.228. The molecule has 1 aliphatic heterocycles. The van der Waals surface area contributed by atoms with Crippen molar-refractivity contribution in [3.8, 4) is 0 Å². The van der Waals surface area contributed by atoms with Gasteiger partial charge in [0.15, 0.2) is 5.13 Å². The number of aromatic nitrogens is 1. The number of nitrogens with zero attached hydrogens (tertiary/aromatic N) is 3. The summed E-state index contributed by atoms with van der Waals surface area (Å²) in [5.41, 5.74) is 0. The van der Waals surface area contributed by atoms with Crippen LogP contribution in [0.1, 0.15) is 38.5 Å². The number of anilines is 1. The van der Waals surface area contributed by atoms with Crippen molar-refractivity contribution in [1.29, 1.82) is 0 Å². The molecule has 2 heterocycles. The highest BCUT2D eigenvalue weighted by Crippen LogP contribution is 2.30. The van der Waals surface area contributed by atoms with Crippen LogP contribution in [0.2, 0.25) is 0 Å². The molecule has 0 spiro atoms. The average molecular weight is 527 g/mol. The van der Waals surface area contributed by atoms with Crippen molar-refractivity contribution in [2.24, 2.45) is 5.92 Å². The Labute approximate surface area is 215 Å². The van der Waals surface area contributed by atoms with Crippen LogP contribution in [-0.2, 0) is 19.6 Å². The Morgan fingerprint density at radius 3 is 2.58 bits per heavy atom. The third-order valence-electron chi connectivity index (χ3n) is 7.20. The van der Waals surface area contributed by atoms with Crippen LogP contribution in [0.3, 0.4) is 0 Å². The van der Waals surface area contributed by atoms with Gasteiger partial charge in [-0.15, -0.1) is 11.3 Å². The van der Waals surface area contributed by atoms with Gasteiger partial charge in [0.2, 0.25) is 21.8 Å². The van der Waals surface area contributed by atoms with E-state index in [1.165, 1.54) is 22.1 Å². The van der Waals surface area contributed by atoms with Gasteiger partial charge in [0.25, 0.3) is 0 Å². The van der Waals surface area contributed by atoms with Crippen molar-refractivity contribution in [2.75, 3.05) is 25.0 Å². The van der Waals surface area contributed by atoms with E-state index in [2.05, 4.69) is 10.3 Å². The van der Waals surface area contributed by atoms with Gasteiger partial charge in [0.05, 0.1) is 11.4 Å². The van der Waals surface area contributed by atoms with Crippen LogP contribution in [0.15, 0.2) is 58.9 Å². The zero-order valence-electron chi connectivity index (χ0n) is 20.0. The maximum Gasteiger partial charge on any atom is 0.248 e. The summed E-state index contributed by atoms with van der Waals surface area (Å²) < 4.78 is 28.0. The maximum atomic E-state index is 13.4. The van der Waals surface area contributed by atoms with Gasteiger partial charge in [-0.3, -0.25) is 9.59 Å². The molecule has 1 atom stereocenters. The Morgan fingerprint density at radius 1 is 1.08 bits per heavy atom. The SMILES string of the molecule is O=C(Nc1nccs1)[C@H](CC1CCCCC1)N1CCN(S(=O)(=O)c2ccc3ccccc3c2)CC1=O. The number of fused-ring (bicyclic) bond motifs is 1. The number of piperazine rings is 1. The zero-order valence-corrected chi connectivity index (χ0v) is 21.6. The fourth-order valence-corrected chi connectivity index (χ4v) is 7.21. The van der Waals surface area contributed by atoms with E-state index in [1.54, 1.807) is 34.7 Å². The second-order valence-corrected chi connectivity index (χ2v) is 12.3. The van der Waals surface area contributed by atoms with Crippen molar-refractivity contribution < 1.29 is 18.0 Å². The third kappa shape index (κ3) is 5.30. The molecule has 8 nitrogen and oxygen atoms in total. The molecule has 1 aromatic heterocycles. The largest absolute Gasteiger partial charge is 0.328 e. The smallest absolute Gasteiger partial charge is 0.248 e. The lowest BCUT2D eigenvalue weighted by molar-refractivity contribution is -0.142. The average Bonchev–Trinajstić information content (AvgIpc) is 3.41. The fraction of sp³-hybridized carbons (Fsp3) is 0.423. The molecular weight excluding hydrogens is 496 g/mol. The Hall–Kier alpha value is -2.82. The lowest BCUT2D eigenvalue weighted by Gasteiger charge is -2.39. The summed E-state index contributed by atoms with van der Waals surface area (Å²) in [7, 11) is -3.85. The summed E-state index contributed by atoms with van der Waals surface area (Å²) >= 11 is 1.33. The van der Waals surface area contributed by atoms with Gasteiger partial charge in [-0.05, 0) is 35.2 Å². The molecule has 10 heteroatoms. The Morgan fingerprint density at radius 2 is 1.86 bits per heavy atom. The molecule has 190 valence electrons. The van der Waals surface area contributed by atoms with Gasteiger partial charge < -0.3 is 10.2 Å². The van der Waals surface area contributed by atoms with Crippen molar-refractivity contribution in [2.45, 2.75) is 49.5 Å². The molecule has 0 unspecified atom stereocenters. The number of amides is 2. The van der Waals surface area contributed by atoms with Gasteiger partial charge in [-0.25, -0.2) is 13.4 Å². The van der Waals surface area contributed by atoms with Crippen molar-refractivity contribution in [3.05, 3.63) is 54.0 Å². The van der Waals surface area contributed by atoms with E-state index in [-0.39, 0.29) is 36.3 Å². The van der Waals surface area contributed by atoms with Crippen molar-refractivity contribution in [1.82, 2.24) is 14.2 Å². The molecule has 0 radical (unpaired) electrons. The fourth-order valence-electron chi connectivity index (χ4n) is 5.26. The van der Waals surface area contributed by atoms with E-state index in [9.17, 15) is 18.0 Å². The highest BCUT2D eigenvalue weighted by Gasteiger charge is 2.39. The molecule has 2 aliphatic rings. The highest BCUT2D eigenvalue weighted by atomic mass is 32.2. The van der Waals surface area contributed by atoms with Gasteiger partial charge in [0.1, 0.15) is 6.04 Å². The molecule has 1 saturated heterocycles. The van der Waals surface area contributed by atoms with Gasteiger partial charge in [0, 0.05) is 24.7 Å². The second-order valence-electron chi connectivity index (χ2n) is 9.52. The van der Waals surface area contributed by atoms with Crippen LogP contribution >= 0.6 is 11.3 Å².